The molecule has 1 nitrogen and oxygen atoms in total. The van der Waals surface area contributed by atoms with Crippen molar-refractivity contribution < 1.29 is 0 Å². The molecule has 0 amide bonds. The standard InChI is InChI=1S/C13H21N/c1-3-11(2)13(14)10-9-12-7-5-4-6-8-12/h4-8,11,13H,3,9-10,14H2,1-2H3/t11-,13-/m1/s1. The van der Waals surface area contributed by atoms with Crippen molar-refractivity contribution >= 4 is 0 Å². The first kappa shape index (κ1) is 11.3. The summed E-state index contributed by atoms with van der Waals surface area (Å²) < 4.78 is 0. The molecule has 2 atom stereocenters. The van der Waals surface area contributed by atoms with Crippen molar-refractivity contribution in [2.45, 2.75) is 39.2 Å². The summed E-state index contributed by atoms with van der Waals surface area (Å²) in [5, 5.41) is 0. The molecule has 0 bridgehead atoms. The summed E-state index contributed by atoms with van der Waals surface area (Å²) >= 11 is 0. The van der Waals surface area contributed by atoms with Crippen LogP contribution < -0.4 is 5.73 Å². The maximum atomic E-state index is 6.08. The highest BCUT2D eigenvalue weighted by Gasteiger charge is 2.09. The highest BCUT2D eigenvalue weighted by Crippen LogP contribution is 2.11. The van der Waals surface area contributed by atoms with Crippen molar-refractivity contribution in [1.29, 1.82) is 0 Å². The van der Waals surface area contributed by atoms with Crippen LogP contribution in [0.1, 0.15) is 32.3 Å². The molecule has 0 aliphatic carbocycles. The van der Waals surface area contributed by atoms with Crippen LogP contribution in [0.2, 0.25) is 0 Å². The van der Waals surface area contributed by atoms with E-state index in [9.17, 15) is 0 Å². The minimum atomic E-state index is 0.347. The van der Waals surface area contributed by atoms with Crippen LogP contribution in [-0.4, -0.2) is 6.04 Å². The molecule has 78 valence electrons. The summed E-state index contributed by atoms with van der Waals surface area (Å²) in [6.45, 7) is 4.43. The minimum absolute atomic E-state index is 0.347. The van der Waals surface area contributed by atoms with E-state index in [1.165, 1.54) is 12.0 Å². The molecule has 0 saturated carbocycles. The molecule has 0 aromatic heterocycles. The third-order valence-corrected chi connectivity index (χ3v) is 2.98. The van der Waals surface area contributed by atoms with Gasteiger partial charge in [0.2, 0.25) is 0 Å². The van der Waals surface area contributed by atoms with Crippen molar-refractivity contribution in [3.8, 4) is 0 Å². The van der Waals surface area contributed by atoms with Crippen LogP contribution in [0.4, 0.5) is 0 Å². The Balaban J connectivity index is 2.34. The van der Waals surface area contributed by atoms with Gasteiger partial charge in [-0.15, -0.1) is 0 Å². The van der Waals surface area contributed by atoms with E-state index >= 15 is 0 Å². The number of hydrogen-bond donors (Lipinski definition) is 1. The molecule has 0 aliphatic rings. The number of nitrogens with two attached hydrogens (primary N) is 1. The normalized spacial score (nSPS) is 15.1. The lowest BCUT2D eigenvalue weighted by Crippen LogP contribution is -2.28. The van der Waals surface area contributed by atoms with E-state index in [0.29, 0.717) is 12.0 Å². The smallest absolute Gasteiger partial charge is 0.00675 e. The first-order valence-electron chi connectivity index (χ1n) is 5.53. The molecule has 2 N–H and O–H groups in total. The van der Waals surface area contributed by atoms with Crippen molar-refractivity contribution in [3.05, 3.63) is 35.9 Å². The lowest BCUT2D eigenvalue weighted by Gasteiger charge is -2.17. The second-order valence-corrected chi connectivity index (χ2v) is 4.07. The van der Waals surface area contributed by atoms with Crippen LogP contribution in [0.3, 0.4) is 0 Å². The molecule has 0 radical (unpaired) electrons. The second-order valence-electron chi connectivity index (χ2n) is 4.07. The zero-order chi connectivity index (χ0) is 10.4. The van der Waals surface area contributed by atoms with Gasteiger partial charge in [0.05, 0.1) is 0 Å². The Morgan fingerprint density at radius 1 is 1.21 bits per heavy atom. The quantitative estimate of drug-likeness (QED) is 0.760. The highest BCUT2D eigenvalue weighted by molar-refractivity contribution is 5.14. The van der Waals surface area contributed by atoms with Gasteiger partial charge in [0.15, 0.2) is 0 Å². The number of hydrogen-bond acceptors (Lipinski definition) is 1. The summed E-state index contributed by atoms with van der Waals surface area (Å²) in [4.78, 5) is 0. The molecule has 0 spiro atoms. The molecule has 1 rings (SSSR count). The van der Waals surface area contributed by atoms with E-state index in [1.54, 1.807) is 0 Å². The Morgan fingerprint density at radius 2 is 1.86 bits per heavy atom. The van der Waals surface area contributed by atoms with Gasteiger partial charge in [-0.2, -0.15) is 0 Å². The summed E-state index contributed by atoms with van der Waals surface area (Å²) in [5.41, 5.74) is 7.47. The Hall–Kier alpha value is -0.820. The van der Waals surface area contributed by atoms with Gasteiger partial charge in [0.1, 0.15) is 0 Å². The van der Waals surface area contributed by atoms with E-state index in [2.05, 4.69) is 44.2 Å². The molecular weight excluding hydrogens is 170 g/mol. The number of rotatable bonds is 5. The molecule has 1 aromatic carbocycles. The van der Waals surface area contributed by atoms with Crippen molar-refractivity contribution in [3.63, 3.8) is 0 Å². The van der Waals surface area contributed by atoms with Gasteiger partial charge in [-0.05, 0) is 24.3 Å². The van der Waals surface area contributed by atoms with Gasteiger partial charge >= 0.3 is 0 Å². The molecule has 0 unspecified atom stereocenters. The average molecular weight is 191 g/mol. The maximum absolute atomic E-state index is 6.08. The van der Waals surface area contributed by atoms with Gasteiger partial charge in [-0.1, -0.05) is 50.6 Å². The van der Waals surface area contributed by atoms with Crippen LogP contribution in [0.5, 0.6) is 0 Å². The lowest BCUT2D eigenvalue weighted by molar-refractivity contribution is 0.420. The molecule has 1 aromatic rings. The largest absolute Gasteiger partial charge is 0.327 e. The van der Waals surface area contributed by atoms with Crippen LogP contribution in [-0.2, 0) is 6.42 Å². The molecule has 0 aliphatic heterocycles. The van der Waals surface area contributed by atoms with E-state index in [1.807, 2.05) is 0 Å². The Morgan fingerprint density at radius 3 is 2.43 bits per heavy atom. The fraction of sp³-hybridized carbons (Fsp3) is 0.538. The SMILES string of the molecule is CC[C@@H](C)[C@H](N)CCc1ccccc1. The van der Waals surface area contributed by atoms with E-state index < -0.39 is 0 Å². The number of aryl methyl sites for hydroxylation is 1. The van der Waals surface area contributed by atoms with Crippen molar-refractivity contribution in [2.75, 3.05) is 0 Å². The number of benzene rings is 1. The first-order chi connectivity index (χ1) is 6.74. The van der Waals surface area contributed by atoms with E-state index in [0.717, 1.165) is 12.8 Å². The van der Waals surface area contributed by atoms with Gasteiger partial charge < -0.3 is 5.73 Å². The predicted octanol–water partition coefficient (Wildman–Crippen LogP) is 2.99. The van der Waals surface area contributed by atoms with Crippen molar-refractivity contribution in [2.24, 2.45) is 11.7 Å². The lowest BCUT2D eigenvalue weighted by atomic mass is 9.94. The first-order valence-corrected chi connectivity index (χ1v) is 5.53. The van der Waals surface area contributed by atoms with E-state index in [-0.39, 0.29) is 0 Å². The van der Waals surface area contributed by atoms with Crippen molar-refractivity contribution in [1.82, 2.24) is 0 Å². The Labute approximate surface area is 87.3 Å². The second kappa shape index (κ2) is 5.82. The topological polar surface area (TPSA) is 26.0 Å². The monoisotopic (exact) mass is 191 g/mol. The summed E-state index contributed by atoms with van der Waals surface area (Å²) in [7, 11) is 0. The zero-order valence-electron chi connectivity index (χ0n) is 9.24. The Bertz CT molecular complexity index is 243. The molecule has 0 saturated heterocycles. The Kier molecular flexibility index (Phi) is 4.68. The minimum Gasteiger partial charge on any atom is -0.327 e. The molecular formula is C13H21N. The zero-order valence-corrected chi connectivity index (χ0v) is 9.24. The molecule has 14 heavy (non-hydrogen) atoms. The maximum Gasteiger partial charge on any atom is 0.00675 e. The fourth-order valence-corrected chi connectivity index (χ4v) is 1.57. The molecule has 0 fully saturated rings. The van der Waals surface area contributed by atoms with Crippen LogP contribution in [0, 0.1) is 5.92 Å². The molecule has 0 heterocycles. The van der Waals surface area contributed by atoms with Gasteiger partial charge in [-0.25, -0.2) is 0 Å². The third kappa shape index (κ3) is 3.51. The third-order valence-electron chi connectivity index (χ3n) is 2.98. The van der Waals surface area contributed by atoms with E-state index in [4.69, 9.17) is 5.73 Å². The summed E-state index contributed by atoms with van der Waals surface area (Å²) in [6, 6.07) is 10.9. The predicted molar refractivity (Wildman–Crippen MR) is 62.2 cm³/mol. The fourth-order valence-electron chi connectivity index (χ4n) is 1.57. The summed E-state index contributed by atoms with van der Waals surface area (Å²) in [5.74, 6) is 0.638. The highest BCUT2D eigenvalue weighted by atomic mass is 14.6. The summed E-state index contributed by atoms with van der Waals surface area (Å²) in [6.07, 6.45) is 3.38. The molecule has 1 heteroatoms. The van der Waals surface area contributed by atoms with Crippen LogP contribution >= 0.6 is 0 Å². The van der Waals surface area contributed by atoms with Crippen LogP contribution in [0.25, 0.3) is 0 Å². The van der Waals surface area contributed by atoms with Gasteiger partial charge in [-0.3, -0.25) is 0 Å². The van der Waals surface area contributed by atoms with Crippen LogP contribution in [0.15, 0.2) is 30.3 Å². The van der Waals surface area contributed by atoms with Gasteiger partial charge in [0, 0.05) is 6.04 Å². The van der Waals surface area contributed by atoms with Gasteiger partial charge in [0.25, 0.3) is 0 Å². The average Bonchev–Trinajstić information content (AvgIpc) is 2.26.